The Morgan fingerprint density at radius 3 is 3.00 bits per heavy atom. The smallest absolute Gasteiger partial charge is 0.217 e. The van der Waals surface area contributed by atoms with Crippen molar-refractivity contribution >= 4 is 35.3 Å². The Morgan fingerprint density at radius 1 is 1.50 bits per heavy atom. The van der Waals surface area contributed by atoms with Crippen molar-refractivity contribution in [2.24, 2.45) is 10.8 Å². The number of nitrogens with one attached hydrogen (secondary N) is 1. The van der Waals surface area contributed by atoms with Crippen LogP contribution in [0.4, 0.5) is 0 Å². The lowest BCUT2D eigenvalue weighted by Gasteiger charge is -2.29. The number of nitrogens with zero attached hydrogens (tertiary/aromatic N) is 1. The molecule has 0 aromatic carbocycles. The molecule has 20 heavy (non-hydrogen) atoms. The molecule has 2 rings (SSSR count). The molecule has 0 spiro atoms. The summed E-state index contributed by atoms with van der Waals surface area (Å²) in [4.78, 5) is 10.1. The van der Waals surface area contributed by atoms with Crippen LogP contribution in [0.5, 0.6) is 0 Å². The topological polar surface area (TPSA) is 67.5 Å². The number of carbonyl (C=O) groups excluding carboxylic acids is 1. The van der Waals surface area contributed by atoms with Gasteiger partial charge in [0.15, 0.2) is 0 Å². The number of hydrogen-bond acceptors (Lipinski definition) is 3. The lowest BCUT2D eigenvalue weighted by atomic mass is 9.90. The molecule has 0 aromatic rings. The Labute approximate surface area is 127 Å². The number of primary amides is 1. The molecule has 2 aliphatic rings. The summed E-state index contributed by atoms with van der Waals surface area (Å²) >= 11 is 12.9. The number of amides is 1. The van der Waals surface area contributed by atoms with E-state index in [1.807, 2.05) is 30.4 Å². The van der Waals surface area contributed by atoms with Crippen molar-refractivity contribution in [1.82, 2.24) is 5.43 Å². The maximum absolute atomic E-state index is 10.8. The second kappa shape index (κ2) is 6.29. The number of hydrogen-bond donors (Lipinski definition) is 2. The molecule has 1 aliphatic carbocycles. The summed E-state index contributed by atoms with van der Waals surface area (Å²) in [6, 6.07) is 0. The molecule has 1 heterocycles. The van der Waals surface area contributed by atoms with Crippen molar-refractivity contribution in [2.75, 3.05) is 0 Å². The van der Waals surface area contributed by atoms with Crippen molar-refractivity contribution in [3.05, 3.63) is 46.7 Å². The van der Waals surface area contributed by atoms with Gasteiger partial charge in [-0.15, -0.1) is 11.6 Å². The molecule has 1 amide bonds. The van der Waals surface area contributed by atoms with Crippen LogP contribution in [0.3, 0.4) is 0 Å². The third-order valence-corrected chi connectivity index (χ3v) is 3.96. The molecule has 0 aromatic heterocycles. The minimum absolute atomic E-state index is 0.277. The van der Waals surface area contributed by atoms with Crippen molar-refractivity contribution in [3.8, 4) is 0 Å². The number of alkyl halides is 1. The molecular weight excluding hydrogens is 297 g/mol. The van der Waals surface area contributed by atoms with E-state index in [1.54, 1.807) is 6.21 Å². The Morgan fingerprint density at radius 2 is 2.30 bits per heavy atom. The average molecular weight is 312 g/mol. The lowest BCUT2D eigenvalue weighted by Crippen LogP contribution is -2.30. The van der Waals surface area contributed by atoms with Gasteiger partial charge >= 0.3 is 0 Å². The molecule has 3 N–H and O–H groups in total. The van der Waals surface area contributed by atoms with E-state index in [2.05, 4.69) is 10.5 Å². The van der Waals surface area contributed by atoms with Crippen LogP contribution in [0.25, 0.3) is 0 Å². The molecule has 0 fully saturated rings. The number of hydrazone groups is 1. The van der Waals surface area contributed by atoms with E-state index in [-0.39, 0.29) is 12.3 Å². The zero-order valence-electron chi connectivity index (χ0n) is 10.8. The minimum Gasteiger partial charge on any atom is -0.370 e. The fourth-order valence-electron chi connectivity index (χ4n) is 2.00. The molecule has 0 bridgehead atoms. The zero-order valence-corrected chi connectivity index (χ0v) is 12.3. The summed E-state index contributed by atoms with van der Waals surface area (Å²) in [6.07, 6.45) is 12.1. The van der Waals surface area contributed by atoms with Gasteiger partial charge in [0.2, 0.25) is 5.91 Å². The highest BCUT2D eigenvalue weighted by atomic mass is 35.5. The van der Waals surface area contributed by atoms with Crippen LogP contribution >= 0.6 is 23.2 Å². The maximum atomic E-state index is 10.8. The van der Waals surface area contributed by atoms with Gasteiger partial charge in [-0.05, 0) is 24.1 Å². The van der Waals surface area contributed by atoms with Crippen LogP contribution in [-0.2, 0) is 4.79 Å². The van der Waals surface area contributed by atoms with E-state index < -0.39 is 4.87 Å². The van der Waals surface area contributed by atoms with Crippen LogP contribution in [0, 0.1) is 0 Å². The summed E-state index contributed by atoms with van der Waals surface area (Å²) in [6.45, 7) is 0. The average Bonchev–Trinajstić information content (AvgIpc) is 2.67. The molecule has 1 aliphatic heterocycles. The third-order valence-electron chi connectivity index (χ3n) is 3.12. The van der Waals surface area contributed by atoms with Gasteiger partial charge in [0.25, 0.3) is 0 Å². The predicted molar refractivity (Wildman–Crippen MR) is 82.5 cm³/mol. The van der Waals surface area contributed by atoms with Gasteiger partial charge in [-0.2, -0.15) is 5.10 Å². The van der Waals surface area contributed by atoms with Gasteiger partial charge in [-0.25, -0.2) is 0 Å². The monoisotopic (exact) mass is 311 g/mol. The first kappa shape index (κ1) is 14.9. The largest absolute Gasteiger partial charge is 0.370 e. The maximum Gasteiger partial charge on any atom is 0.217 e. The van der Waals surface area contributed by atoms with Crippen LogP contribution in [0.15, 0.2) is 51.8 Å². The number of allylic oxidation sites excluding steroid dienone is 7. The van der Waals surface area contributed by atoms with Crippen molar-refractivity contribution < 1.29 is 4.79 Å². The van der Waals surface area contributed by atoms with Crippen LogP contribution < -0.4 is 11.2 Å². The van der Waals surface area contributed by atoms with Crippen LogP contribution in [0.2, 0.25) is 0 Å². The highest BCUT2D eigenvalue weighted by Gasteiger charge is 2.33. The molecule has 0 saturated heterocycles. The molecule has 1 unspecified atom stereocenters. The summed E-state index contributed by atoms with van der Waals surface area (Å²) in [7, 11) is 0. The molecular formula is C14H15Cl2N3O. The van der Waals surface area contributed by atoms with Gasteiger partial charge in [-0.1, -0.05) is 29.8 Å². The minimum atomic E-state index is -0.751. The van der Waals surface area contributed by atoms with E-state index in [1.165, 1.54) is 0 Å². The molecule has 6 heteroatoms. The van der Waals surface area contributed by atoms with E-state index in [4.69, 9.17) is 28.9 Å². The van der Waals surface area contributed by atoms with E-state index in [9.17, 15) is 4.79 Å². The van der Waals surface area contributed by atoms with Crippen LogP contribution in [-0.4, -0.2) is 17.0 Å². The van der Waals surface area contributed by atoms with E-state index in [0.717, 1.165) is 11.3 Å². The van der Waals surface area contributed by atoms with Crippen molar-refractivity contribution in [2.45, 2.75) is 24.1 Å². The van der Waals surface area contributed by atoms with Gasteiger partial charge in [0.1, 0.15) is 4.87 Å². The summed E-state index contributed by atoms with van der Waals surface area (Å²) in [5.41, 5.74) is 9.71. The zero-order chi connectivity index (χ0) is 14.6. The number of rotatable bonds is 4. The normalized spacial score (nSPS) is 25.2. The van der Waals surface area contributed by atoms with Gasteiger partial charge in [0.05, 0.1) is 5.70 Å². The summed E-state index contributed by atoms with van der Waals surface area (Å²) in [5.74, 6) is -0.342. The summed E-state index contributed by atoms with van der Waals surface area (Å²) < 4.78 is 0. The first-order valence-electron chi connectivity index (χ1n) is 6.22. The molecule has 0 radical (unpaired) electrons. The fraction of sp³-hybridized carbons (Fsp3) is 0.286. The van der Waals surface area contributed by atoms with Gasteiger partial charge in [-0.3, -0.25) is 10.2 Å². The van der Waals surface area contributed by atoms with Gasteiger partial charge < -0.3 is 5.73 Å². The summed E-state index contributed by atoms with van der Waals surface area (Å²) in [5, 5.41) is 4.65. The highest BCUT2D eigenvalue weighted by Crippen LogP contribution is 2.40. The lowest BCUT2D eigenvalue weighted by molar-refractivity contribution is -0.117. The van der Waals surface area contributed by atoms with Crippen molar-refractivity contribution in [3.63, 3.8) is 0 Å². The fourth-order valence-corrected chi connectivity index (χ4v) is 2.74. The first-order chi connectivity index (χ1) is 9.51. The number of nitrogens with two attached hydrogens (primary N) is 1. The number of carbonyl (C=O) groups is 1. The third kappa shape index (κ3) is 3.52. The highest BCUT2D eigenvalue weighted by molar-refractivity contribution is 6.33. The quantitative estimate of drug-likeness (QED) is 0.784. The molecule has 106 valence electrons. The Hall–Kier alpha value is -1.52. The number of halogens is 2. The molecule has 1 atom stereocenters. The SMILES string of the molecule is NC(=O)CCC1=C(Cl)CC(Cl)(C2=CC=CC=NN2)C=C1. The Bertz CT molecular complexity index is 561. The molecule has 0 saturated carbocycles. The second-order valence-corrected chi connectivity index (χ2v) is 5.75. The second-order valence-electron chi connectivity index (χ2n) is 4.62. The molecule has 4 nitrogen and oxygen atoms in total. The van der Waals surface area contributed by atoms with Gasteiger partial charge in [0, 0.05) is 24.1 Å². The van der Waals surface area contributed by atoms with E-state index in [0.29, 0.717) is 17.9 Å². The van der Waals surface area contributed by atoms with Crippen molar-refractivity contribution in [1.29, 1.82) is 0 Å². The predicted octanol–water partition coefficient (Wildman–Crippen LogP) is 2.71. The van der Waals surface area contributed by atoms with E-state index >= 15 is 0 Å². The van der Waals surface area contributed by atoms with Crippen LogP contribution in [0.1, 0.15) is 19.3 Å². The Balaban J connectivity index is 2.13. The first-order valence-corrected chi connectivity index (χ1v) is 6.97. The Kier molecular flexibility index (Phi) is 4.68. The standard InChI is InChI=1S/C14H15Cl2N3O/c15-11-9-14(16,12-3-1-2-8-18-19-12)7-6-10(11)4-5-13(17)20/h1-3,6-8,19H,4-5,9H2,(H2,17,20).